The number of ether oxygens (including phenoxy) is 11. The van der Waals surface area contributed by atoms with Crippen molar-refractivity contribution < 1.29 is 66.5 Å². The van der Waals surface area contributed by atoms with Gasteiger partial charge in [-0.1, -0.05) is 0 Å². The van der Waals surface area contributed by atoms with Crippen LogP contribution in [0.25, 0.3) is 0 Å². The summed E-state index contributed by atoms with van der Waals surface area (Å²) in [6.45, 7) is 13.7. The van der Waals surface area contributed by atoms with E-state index in [4.69, 9.17) is 52.1 Å². The van der Waals surface area contributed by atoms with Crippen LogP contribution in [0.1, 0.15) is 99.8 Å². The van der Waals surface area contributed by atoms with Crippen molar-refractivity contribution in [2.75, 3.05) is 39.6 Å². The van der Waals surface area contributed by atoms with Gasteiger partial charge in [-0.25, -0.2) is 0 Å². The second-order valence-electron chi connectivity index (χ2n) is 13.8. The smallest absolute Gasteiger partial charge is 0.311 e. The molecular weight excluding hydrogens is 620 g/mol. The van der Waals surface area contributed by atoms with E-state index >= 15 is 0 Å². The first kappa shape index (κ1) is 37.9. The van der Waals surface area contributed by atoms with E-state index in [0.717, 1.165) is 12.8 Å². The van der Waals surface area contributed by atoms with E-state index in [0.29, 0.717) is 39.3 Å². The normalized spacial score (nSPS) is 38.6. The van der Waals surface area contributed by atoms with E-state index in [-0.39, 0.29) is 63.3 Å². The number of hydrogen-bond donors (Lipinski definition) is 0. The Morgan fingerprint density at radius 2 is 1.00 bits per heavy atom. The summed E-state index contributed by atoms with van der Waals surface area (Å²) in [6.07, 6.45) is 0.645. The third-order valence-corrected chi connectivity index (χ3v) is 8.57. The maximum atomic E-state index is 13.3. The highest BCUT2D eigenvalue weighted by Crippen LogP contribution is 2.33. The number of carbonyl (C=O) groups is 3. The minimum Gasteiger partial charge on any atom is -0.462 e. The highest BCUT2D eigenvalue weighted by Gasteiger charge is 2.45. The Morgan fingerprint density at radius 3 is 1.45 bits per heavy atom. The van der Waals surface area contributed by atoms with Gasteiger partial charge in [-0.3, -0.25) is 14.4 Å². The van der Waals surface area contributed by atoms with Gasteiger partial charge in [0.05, 0.1) is 70.1 Å². The first-order valence-electron chi connectivity index (χ1n) is 16.9. The molecule has 4 fully saturated rings. The predicted octanol–water partition coefficient (Wildman–Crippen LogP) is 3.69. The first-order valence-corrected chi connectivity index (χ1v) is 16.9. The molecule has 4 saturated heterocycles. The Balaban J connectivity index is 1.44. The van der Waals surface area contributed by atoms with E-state index in [1.165, 1.54) is 0 Å². The number of hydrogen-bond acceptors (Lipinski definition) is 14. The topological polar surface area (TPSA) is 153 Å². The lowest BCUT2D eigenvalue weighted by Gasteiger charge is -2.42. The van der Waals surface area contributed by atoms with Crippen LogP contribution in [0, 0.1) is 0 Å². The van der Waals surface area contributed by atoms with E-state index in [9.17, 15) is 14.4 Å². The fraction of sp³-hybridized carbons (Fsp3) is 0.909. The average Bonchev–Trinajstić information content (AvgIpc) is 2.94. The number of rotatable bonds is 13. The third-order valence-electron chi connectivity index (χ3n) is 8.57. The predicted molar refractivity (Wildman–Crippen MR) is 163 cm³/mol. The van der Waals surface area contributed by atoms with E-state index in [1.54, 1.807) is 20.8 Å². The Bertz CT molecular complexity index is 1070. The zero-order chi connectivity index (χ0) is 34.3. The van der Waals surface area contributed by atoms with Crippen molar-refractivity contribution in [3.63, 3.8) is 0 Å². The SMILES string of the molecule is CC1CCOC(C)(CC(=O)OC[C@@H](CC2(COC(=O)CC3(C)OCCC(C)O3)OCCC(C)O2)OC(=O)CC2(C)OCCC(C)O2)O1. The molecule has 4 heterocycles. The second-order valence-corrected chi connectivity index (χ2v) is 13.8. The summed E-state index contributed by atoms with van der Waals surface area (Å²) in [5.74, 6) is -6.72. The van der Waals surface area contributed by atoms with Gasteiger partial charge in [0, 0.05) is 6.42 Å². The molecule has 0 aromatic rings. The molecule has 270 valence electrons. The Kier molecular flexibility index (Phi) is 13.1. The van der Waals surface area contributed by atoms with Crippen molar-refractivity contribution in [3.8, 4) is 0 Å². The molecule has 14 nitrogen and oxygen atoms in total. The monoisotopic (exact) mass is 674 g/mol. The number of carbonyl (C=O) groups excluding carboxylic acids is 3. The second kappa shape index (κ2) is 16.2. The van der Waals surface area contributed by atoms with Crippen LogP contribution in [0.3, 0.4) is 0 Å². The summed E-state index contributed by atoms with van der Waals surface area (Å²) < 4.78 is 64.2. The summed E-state index contributed by atoms with van der Waals surface area (Å²) in [6, 6.07) is 0. The van der Waals surface area contributed by atoms with Crippen molar-refractivity contribution in [1.29, 1.82) is 0 Å². The molecule has 8 unspecified atom stereocenters. The van der Waals surface area contributed by atoms with E-state index in [2.05, 4.69) is 0 Å². The summed E-state index contributed by atoms with van der Waals surface area (Å²) in [5, 5.41) is 0. The maximum absolute atomic E-state index is 13.3. The molecule has 9 atom stereocenters. The van der Waals surface area contributed by atoms with E-state index < -0.39 is 47.2 Å². The molecule has 0 bridgehead atoms. The van der Waals surface area contributed by atoms with Crippen LogP contribution in [-0.4, -0.2) is 111 Å². The molecule has 0 radical (unpaired) electrons. The molecule has 0 aromatic heterocycles. The summed E-state index contributed by atoms with van der Waals surface area (Å²) in [4.78, 5) is 39.3. The fourth-order valence-electron chi connectivity index (χ4n) is 6.24. The van der Waals surface area contributed by atoms with Crippen LogP contribution in [0.15, 0.2) is 0 Å². The largest absolute Gasteiger partial charge is 0.462 e. The van der Waals surface area contributed by atoms with Crippen LogP contribution < -0.4 is 0 Å². The minimum atomic E-state index is -1.49. The van der Waals surface area contributed by atoms with Crippen molar-refractivity contribution >= 4 is 17.9 Å². The number of esters is 3. The average molecular weight is 675 g/mol. The molecule has 0 spiro atoms. The van der Waals surface area contributed by atoms with Gasteiger partial charge in [0.1, 0.15) is 19.3 Å². The fourth-order valence-corrected chi connectivity index (χ4v) is 6.24. The van der Waals surface area contributed by atoms with Gasteiger partial charge in [0.2, 0.25) is 5.79 Å². The molecule has 4 aliphatic rings. The van der Waals surface area contributed by atoms with Crippen LogP contribution in [0.4, 0.5) is 0 Å². The zero-order valence-corrected chi connectivity index (χ0v) is 29.0. The van der Waals surface area contributed by atoms with Crippen molar-refractivity contribution in [2.45, 2.75) is 154 Å². The molecular formula is C33H54O14. The highest BCUT2D eigenvalue weighted by atomic mass is 16.7. The molecule has 47 heavy (non-hydrogen) atoms. The lowest BCUT2D eigenvalue weighted by Crippen LogP contribution is -2.52. The summed E-state index contributed by atoms with van der Waals surface area (Å²) in [7, 11) is 0. The van der Waals surface area contributed by atoms with Crippen LogP contribution in [-0.2, 0) is 66.5 Å². The zero-order valence-electron chi connectivity index (χ0n) is 29.0. The Hall–Kier alpha value is -1.91. The van der Waals surface area contributed by atoms with Crippen LogP contribution in [0.5, 0.6) is 0 Å². The van der Waals surface area contributed by atoms with E-state index in [1.807, 2.05) is 27.7 Å². The van der Waals surface area contributed by atoms with Gasteiger partial charge in [-0.15, -0.1) is 0 Å². The maximum Gasteiger partial charge on any atom is 0.311 e. The van der Waals surface area contributed by atoms with Crippen molar-refractivity contribution in [1.82, 2.24) is 0 Å². The summed E-state index contributed by atoms with van der Waals surface area (Å²) in [5.41, 5.74) is 0. The quantitative estimate of drug-likeness (QED) is 0.206. The van der Waals surface area contributed by atoms with Gasteiger partial charge in [-0.05, 0) is 74.1 Å². The highest BCUT2D eigenvalue weighted by molar-refractivity contribution is 5.72. The molecule has 0 saturated carbocycles. The van der Waals surface area contributed by atoms with Gasteiger partial charge < -0.3 is 52.1 Å². The molecule has 0 amide bonds. The third kappa shape index (κ3) is 11.9. The van der Waals surface area contributed by atoms with Crippen molar-refractivity contribution in [3.05, 3.63) is 0 Å². The lowest BCUT2D eigenvalue weighted by atomic mass is 10.1. The van der Waals surface area contributed by atoms with Gasteiger partial charge in [0.15, 0.2) is 17.4 Å². The summed E-state index contributed by atoms with van der Waals surface area (Å²) >= 11 is 0. The lowest BCUT2D eigenvalue weighted by molar-refractivity contribution is -0.318. The van der Waals surface area contributed by atoms with Crippen LogP contribution in [0.2, 0.25) is 0 Å². The van der Waals surface area contributed by atoms with Crippen LogP contribution >= 0.6 is 0 Å². The van der Waals surface area contributed by atoms with Gasteiger partial charge in [0.25, 0.3) is 0 Å². The van der Waals surface area contributed by atoms with Gasteiger partial charge in [-0.2, -0.15) is 0 Å². The van der Waals surface area contributed by atoms with Gasteiger partial charge >= 0.3 is 17.9 Å². The Morgan fingerprint density at radius 1 is 0.596 bits per heavy atom. The Labute approximate surface area is 277 Å². The molecule has 0 aromatic carbocycles. The molecule has 0 N–H and O–H groups in total. The minimum absolute atomic E-state index is 0.0611. The first-order chi connectivity index (χ1) is 22.1. The molecule has 4 rings (SSSR count). The van der Waals surface area contributed by atoms with Crippen molar-refractivity contribution in [2.24, 2.45) is 0 Å². The molecule has 4 aliphatic heterocycles. The molecule has 14 heteroatoms. The standard InChI is InChI=1S/C33H54O14/c1-22-8-12-39-30(5,44-22)17-27(34)37-20-26(43-29(36)19-32(7)41-14-10-24(3)46-32)16-33(42-15-11-25(4)47-33)21-38-28(35)18-31(6)40-13-9-23(2)45-31/h22-26H,8-21H2,1-7H3/t22?,23?,24?,25?,26-,30?,31?,32?,33?/m1/s1. The molecule has 0 aliphatic carbocycles.